The van der Waals surface area contributed by atoms with E-state index in [9.17, 15) is 0 Å². The maximum Gasteiger partial charge on any atom is 0.0795 e. The van der Waals surface area contributed by atoms with E-state index in [4.69, 9.17) is 5.11 Å². The molecule has 1 fully saturated rings. The lowest BCUT2D eigenvalue weighted by molar-refractivity contribution is 0.255. The number of nitrogens with one attached hydrogen (secondary N) is 1. The van der Waals surface area contributed by atoms with Crippen LogP contribution in [0.2, 0.25) is 0 Å². The van der Waals surface area contributed by atoms with Gasteiger partial charge < -0.3 is 10.4 Å². The maximum absolute atomic E-state index is 8.92. The Hall–Kier alpha value is -0.450. The van der Waals surface area contributed by atoms with E-state index in [1.165, 1.54) is 12.8 Å². The summed E-state index contributed by atoms with van der Waals surface area (Å²) >= 11 is 1.63. The fourth-order valence-electron chi connectivity index (χ4n) is 1.70. The Morgan fingerprint density at radius 3 is 3.07 bits per heavy atom. The van der Waals surface area contributed by atoms with Crippen LogP contribution in [0.25, 0.3) is 0 Å². The average molecular weight is 212 g/mol. The van der Waals surface area contributed by atoms with Crippen LogP contribution in [0.4, 0.5) is 0 Å². The molecule has 4 heteroatoms. The molecule has 14 heavy (non-hydrogen) atoms. The first-order valence-electron chi connectivity index (χ1n) is 5.11. The molecule has 1 aliphatic carbocycles. The Kier molecular flexibility index (Phi) is 3.50. The average Bonchev–Trinajstić information content (AvgIpc) is 2.90. The third-order valence-electron chi connectivity index (χ3n) is 2.66. The smallest absolute Gasteiger partial charge is 0.0795 e. The standard InChI is InChI=1S/C10H16N2OS/c13-4-3-10(8-1-2-8)11-5-9-6-14-7-12-9/h6-8,10-11,13H,1-5H2. The molecule has 1 aromatic rings. The number of aliphatic hydroxyl groups is 1. The minimum atomic E-state index is 0.283. The second-order valence-corrected chi connectivity index (χ2v) is 4.54. The molecule has 0 bridgehead atoms. The van der Waals surface area contributed by atoms with Gasteiger partial charge in [-0.2, -0.15) is 0 Å². The van der Waals surface area contributed by atoms with E-state index in [1.54, 1.807) is 11.3 Å². The van der Waals surface area contributed by atoms with Crippen LogP contribution in [0.3, 0.4) is 0 Å². The normalized spacial score (nSPS) is 18.4. The van der Waals surface area contributed by atoms with Crippen LogP contribution in [0, 0.1) is 5.92 Å². The van der Waals surface area contributed by atoms with Crippen LogP contribution < -0.4 is 5.32 Å². The minimum Gasteiger partial charge on any atom is -0.396 e. The van der Waals surface area contributed by atoms with Gasteiger partial charge in [-0.1, -0.05) is 0 Å². The predicted molar refractivity (Wildman–Crippen MR) is 57.2 cm³/mol. The maximum atomic E-state index is 8.92. The van der Waals surface area contributed by atoms with Crippen molar-refractivity contribution >= 4 is 11.3 Å². The van der Waals surface area contributed by atoms with Gasteiger partial charge in [0.25, 0.3) is 0 Å². The highest BCUT2D eigenvalue weighted by molar-refractivity contribution is 7.07. The van der Waals surface area contributed by atoms with Crippen molar-refractivity contribution in [2.75, 3.05) is 6.61 Å². The molecule has 1 heterocycles. The first-order chi connectivity index (χ1) is 6.90. The lowest BCUT2D eigenvalue weighted by Crippen LogP contribution is -2.31. The molecule has 0 spiro atoms. The zero-order valence-corrected chi connectivity index (χ0v) is 8.96. The summed E-state index contributed by atoms with van der Waals surface area (Å²) in [6.45, 7) is 1.12. The molecule has 2 rings (SSSR count). The van der Waals surface area contributed by atoms with Crippen molar-refractivity contribution in [3.05, 3.63) is 16.6 Å². The van der Waals surface area contributed by atoms with Crippen LogP contribution in [-0.2, 0) is 6.54 Å². The summed E-state index contributed by atoms with van der Waals surface area (Å²) in [5.41, 5.74) is 2.97. The van der Waals surface area contributed by atoms with Crippen molar-refractivity contribution in [1.82, 2.24) is 10.3 Å². The molecule has 1 aromatic heterocycles. The molecular weight excluding hydrogens is 196 g/mol. The summed E-state index contributed by atoms with van der Waals surface area (Å²) in [7, 11) is 0. The third-order valence-corrected chi connectivity index (χ3v) is 3.30. The molecule has 1 atom stereocenters. The van der Waals surface area contributed by atoms with Crippen molar-refractivity contribution in [3.8, 4) is 0 Å². The molecule has 2 N–H and O–H groups in total. The van der Waals surface area contributed by atoms with Gasteiger partial charge in [-0.05, 0) is 25.2 Å². The fourth-order valence-corrected chi connectivity index (χ4v) is 2.26. The Labute approximate surface area is 88.2 Å². The number of hydrogen-bond acceptors (Lipinski definition) is 4. The van der Waals surface area contributed by atoms with Gasteiger partial charge in [0, 0.05) is 24.6 Å². The van der Waals surface area contributed by atoms with E-state index in [-0.39, 0.29) is 6.61 Å². The predicted octanol–water partition coefficient (Wildman–Crippen LogP) is 1.39. The fraction of sp³-hybridized carbons (Fsp3) is 0.700. The van der Waals surface area contributed by atoms with Gasteiger partial charge in [0.15, 0.2) is 0 Å². The van der Waals surface area contributed by atoms with Gasteiger partial charge >= 0.3 is 0 Å². The van der Waals surface area contributed by atoms with Crippen molar-refractivity contribution < 1.29 is 5.11 Å². The zero-order chi connectivity index (χ0) is 9.80. The monoisotopic (exact) mass is 212 g/mol. The van der Waals surface area contributed by atoms with Crippen molar-refractivity contribution in [2.45, 2.75) is 31.8 Å². The van der Waals surface area contributed by atoms with Crippen LogP contribution in [0.15, 0.2) is 10.9 Å². The van der Waals surface area contributed by atoms with E-state index in [1.807, 2.05) is 5.51 Å². The van der Waals surface area contributed by atoms with E-state index in [2.05, 4.69) is 15.7 Å². The molecule has 1 unspecified atom stereocenters. The lowest BCUT2D eigenvalue weighted by Gasteiger charge is -2.15. The van der Waals surface area contributed by atoms with Crippen LogP contribution in [-0.4, -0.2) is 22.7 Å². The lowest BCUT2D eigenvalue weighted by atomic mass is 10.1. The number of hydrogen-bond donors (Lipinski definition) is 2. The molecule has 0 aromatic carbocycles. The largest absolute Gasteiger partial charge is 0.396 e. The van der Waals surface area contributed by atoms with Gasteiger partial charge in [0.05, 0.1) is 11.2 Å². The van der Waals surface area contributed by atoms with E-state index in [0.717, 1.165) is 24.6 Å². The summed E-state index contributed by atoms with van der Waals surface area (Å²) in [5, 5.41) is 14.5. The van der Waals surface area contributed by atoms with E-state index in [0.29, 0.717) is 6.04 Å². The molecule has 0 saturated heterocycles. The molecule has 0 aliphatic heterocycles. The molecule has 1 saturated carbocycles. The van der Waals surface area contributed by atoms with Gasteiger partial charge in [-0.3, -0.25) is 0 Å². The Balaban J connectivity index is 1.76. The quantitative estimate of drug-likeness (QED) is 0.749. The molecule has 1 aliphatic rings. The highest BCUT2D eigenvalue weighted by Crippen LogP contribution is 2.33. The third kappa shape index (κ3) is 2.77. The molecule has 0 amide bonds. The van der Waals surface area contributed by atoms with Crippen molar-refractivity contribution in [3.63, 3.8) is 0 Å². The second-order valence-electron chi connectivity index (χ2n) is 3.82. The summed E-state index contributed by atoms with van der Waals surface area (Å²) in [6.07, 6.45) is 3.50. The highest BCUT2D eigenvalue weighted by atomic mass is 32.1. The summed E-state index contributed by atoms with van der Waals surface area (Å²) in [5.74, 6) is 0.792. The van der Waals surface area contributed by atoms with Gasteiger partial charge in [-0.25, -0.2) is 4.98 Å². The van der Waals surface area contributed by atoms with Crippen molar-refractivity contribution in [2.24, 2.45) is 5.92 Å². The number of rotatable bonds is 6. The minimum absolute atomic E-state index is 0.283. The molecule has 78 valence electrons. The van der Waals surface area contributed by atoms with Crippen LogP contribution in [0.5, 0.6) is 0 Å². The van der Waals surface area contributed by atoms with Gasteiger partial charge in [0.1, 0.15) is 0 Å². The molecule has 3 nitrogen and oxygen atoms in total. The number of thiazole rings is 1. The second kappa shape index (κ2) is 4.87. The first kappa shape index (κ1) is 10.1. The Bertz CT molecular complexity index is 259. The number of nitrogens with zero attached hydrogens (tertiary/aromatic N) is 1. The van der Waals surface area contributed by atoms with E-state index >= 15 is 0 Å². The summed E-state index contributed by atoms with van der Waals surface area (Å²) in [6, 6.07) is 0.488. The van der Waals surface area contributed by atoms with Crippen LogP contribution in [0.1, 0.15) is 25.0 Å². The van der Waals surface area contributed by atoms with Gasteiger partial charge in [-0.15, -0.1) is 11.3 Å². The Morgan fingerprint density at radius 1 is 1.64 bits per heavy atom. The summed E-state index contributed by atoms with van der Waals surface area (Å²) < 4.78 is 0. The SMILES string of the molecule is OCCC(NCc1cscn1)C1CC1. The highest BCUT2D eigenvalue weighted by Gasteiger charge is 2.30. The number of aliphatic hydroxyl groups excluding tert-OH is 1. The molecule has 0 radical (unpaired) electrons. The van der Waals surface area contributed by atoms with Gasteiger partial charge in [0.2, 0.25) is 0 Å². The van der Waals surface area contributed by atoms with E-state index < -0.39 is 0 Å². The first-order valence-corrected chi connectivity index (χ1v) is 6.05. The topological polar surface area (TPSA) is 45.1 Å². The molecular formula is C10H16N2OS. The van der Waals surface area contributed by atoms with Crippen LogP contribution >= 0.6 is 11.3 Å². The van der Waals surface area contributed by atoms with Crippen molar-refractivity contribution in [1.29, 1.82) is 0 Å². The summed E-state index contributed by atoms with van der Waals surface area (Å²) in [4.78, 5) is 4.22. The number of aromatic nitrogens is 1. The Morgan fingerprint density at radius 2 is 2.50 bits per heavy atom. The zero-order valence-electron chi connectivity index (χ0n) is 8.15.